The second-order valence-corrected chi connectivity index (χ2v) is 8.15. The number of likely N-dealkylation sites (N-methyl/N-ethyl adjacent to an activating group) is 1. The Bertz CT molecular complexity index is 567. The minimum absolute atomic E-state index is 0.0567. The number of rotatable bonds is 5. The van der Waals surface area contributed by atoms with Crippen LogP contribution in [0.4, 0.5) is 0 Å². The van der Waals surface area contributed by atoms with Gasteiger partial charge in [-0.15, -0.1) is 0 Å². The molecule has 6 heteroatoms. The highest BCUT2D eigenvalue weighted by molar-refractivity contribution is 7.08. The summed E-state index contributed by atoms with van der Waals surface area (Å²) in [7, 11) is 1.69. The van der Waals surface area contributed by atoms with Crippen LogP contribution in [-0.4, -0.2) is 60.4 Å². The van der Waals surface area contributed by atoms with Gasteiger partial charge >= 0.3 is 0 Å². The molecule has 0 unspecified atom stereocenters. The first-order valence-corrected chi connectivity index (χ1v) is 10.4. The molecule has 138 valence electrons. The van der Waals surface area contributed by atoms with Crippen molar-refractivity contribution < 1.29 is 9.59 Å². The van der Waals surface area contributed by atoms with Crippen LogP contribution in [0.5, 0.6) is 0 Å². The molecular weight excluding hydrogens is 334 g/mol. The Morgan fingerprint density at radius 1 is 1.24 bits per heavy atom. The van der Waals surface area contributed by atoms with Gasteiger partial charge in [-0.05, 0) is 30.7 Å². The minimum Gasteiger partial charge on any atom is -0.350 e. The van der Waals surface area contributed by atoms with E-state index in [0.29, 0.717) is 11.6 Å². The molecule has 1 saturated heterocycles. The molecule has 2 aliphatic rings. The highest BCUT2D eigenvalue weighted by Gasteiger charge is 2.29. The van der Waals surface area contributed by atoms with E-state index in [4.69, 9.17) is 0 Å². The van der Waals surface area contributed by atoms with Gasteiger partial charge in [-0.25, -0.2) is 0 Å². The molecule has 1 aliphatic heterocycles. The number of nitrogens with one attached hydrogen (secondary N) is 1. The van der Waals surface area contributed by atoms with E-state index in [1.807, 2.05) is 10.8 Å². The first-order valence-electron chi connectivity index (χ1n) is 9.44. The van der Waals surface area contributed by atoms with Crippen molar-refractivity contribution in [2.45, 2.75) is 57.0 Å². The van der Waals surface area contributed by atoms with Crippen LogP contribution < -0.4 is 5.32 Å². The van der Waals surface area contributed by atoms with Gasteiger partial charge in [-0.1, -0.05) is 25.7 Å². The Morgan fingerprint density at radius 2 is 2.00 bits per heavy atom. The van der Waals surface area contributed by atoms with Crippen molar-refractivity contribution in [3.05, 3.63) is 22.4 Å². The van der Waals surface area contributed by atoms with Crippen LogP contribution >= 0.6 is 11.3 Å². The zero-order valence-corrected chi connectivity index (χ0v) is 15.9. The summed E-state index contributed by atoms with van der Waals surface area (Å²) in [5, 5.41) is 6.82. The lowest BCUT2D eigenvalue weighted by Gasteiger charge is -2.27. The van der Waals surface area contributed by atoms with Gasteiger partial charge in [0.1, 0.15) is 0 Å². The molecule has 0 bridgehead atoms. The van der Waals surface area contributed by atoms with E-state index in [0.717, 1.165) is 19.5 Å². The van der Waals surface area contributed by atoms with Crippen LogP contribution in [0.25, 0.3) is 0 Å². The van der Waals surface area contributed by atoms with Crippen LogP contribution in [0, 0.1) is 0 Å². The van der Waals surface area contributed by atoms with Crippen LogP contribution in [0.15, 0.2) is 16.8 Å². The molecular formula is C19H29N3O2S. The van der Waals surface area contributed by atoms with Crippen molar-refractivity contribution in [3.63, 3.8) is 0 Å². The molecule has 2 heterocycles. The largest absolute Gasteiger partial charge is 0.350 e. The molecule has 3 rings (SSSR count). The molecule has 0 aromatic carbocycles. The van der Waals surface area contributed by atoms with Crippen LogP contribution in [0.2, 0.25) is 0 Å². The first-order chi connectivity index (χ1) is 12.1. The van der Waals surface area contributed by atoms with Crippen LogP contribution in [0.1, 0.15) is 55.3 Å². The Hall–Kier alpha value is -1.40. The van der Waals surface area contributed by atoms with Gasteiger partial charge in [0.05, 0.1) is 12.1 Å². The summed E-state index contributed by atoms with van der Waals surface area (Å²) in [5.41, 5.74) is 0.653. The number of hydrogen-bond donors (Lipinski definition) is 1. The van der Waals surface area contributed by atoms with E-state index in [2.05, 4.69) is 10.2 Å². The second-order valence-electron chi connectivity index (χ2n) is 7.37. The Balaban J connectivity index is 1.43. The molecule has 0 radical (unpaired) electrons. The van der Waals surface area contributed by atoms with Crippen molar-refractivity contribution in [2.24, 2.45) is 0 Å². The summed E-state index contributed by atoms with van der Waals surface area (Å²) < 4.78 is 0. The lowest BCUT2D eigenvalue weighted by atomic mass is 10.1. The number of hydrogen-bond acceptors (Lipinski definition) is 4. The van der Waals surface area contributed by atoms with E-state index in [1.54, 1.807) is 13.1 Å². The number of thiophene rings is 1. The minimum atomic E-state index is -0.0945. The molecule has 2 amide bonds. The lowest BCUT2D eigenvalue weighted by Crippen LogP contribution is -2.44. The monoisotopic (exact) mass is 363 g/mol. The van der Waals surface area contributed by atoms with Gasteiger partial charge < -0.3 is 10.2 Å². The average molecular weight is 364 g/mol. The van der Waals surface area contributed by atoms with Crippen LogP contribution in [0.3, 0.4) is 0 Å². The second kappa shape index (κ2) is 8.81. The fourth-order valence-electron chi connectivity index (χ4n) is 4.03. The maximum atomic E-state index is 12.3. The van der Waals surface area contributed by atoms with Crippen molar-refractivity contribution >= 4 is 23.2 Å². The number of carbonyl (C=O) groups excluding carboxylic acids is 2. The van der Waals surface area contributed by atoms with Gasteiger partial charge in [-0.2, -0.15) is 11.3 Å². The molecule has 1 saturated carbocycles. The third-order valence-electron chi connectivity index (χ3n) is 5.42. The summed E-state index contributed by atoms with van der Waals surface area (Å²) in [5.74, 6) is -0.151. The van der Waals surface area contributed by atoms with Gasteiger partial charge in [0.15, 0.2) is 0 Å². The lowest BCUT2D eigenvalue weighted by molar-refractivity contribution is -0.122. The predicted molar refractivity (Wildman–Crippen MR) is 101 cm³/mol. The van der Waals surface area contributed by atoms with E-state index >= 15 is 0 Å². The predicted octanol–water partition coefficient (Wildman–Crippen LogP) is 2.73. The van der Waals surface area contributed by atoms with Crippen LogP contribution in [-0.2, 0) is 4.79 Å². The Morgan fingerprint density at radius 3 is 2.68 bits per heavy atom. The fourth-order valence-corrected chi connectivity index (χ4v) is 4.66. The van der Waals surface area contributed by atoms with E-state index < -0.39 is 0 Å². The third kappa shape index (κ3) is 5.05. The maximum absolute atomic E-state index is 12.3. The fraction of sp³-hybridized carbons (Fsp3) is 0.684. The zero-order chi connectivity index (χ0) is 17.6. The van der Waals surface area contributed by atoms with Gasteiger partial charge in [0, 0.05) is 37.6 Å². The standard InChI is InChI=1S/C19H29N3O2S/c1-21(19(24)15-9-11-25-14-15)13-18(23)20-16-8-10-22(12-16)17-6-4-2-3-5-7-17/h9,11,14,16-17H,2-8,10,12-13H2,1H3,(H,20,23)/t16-/m1/s1. The molecule has 0 spiro atoms. The van der Waals surface area contributed by atoms with Gasteiger partial charge in [0.25, 0.3) is 5.91 Å². The molecule has 5 nitrogen and oxygen atoms in total. The van der Waals surface area contributed by atoms with E-state index in [9.17, 15) is 9.59 Å². The van der Waals surface area contributed by atoms with Crippen molar-refractivity contribution in [1.29, 1.82) is 0 Å². The molecule has 1 aromatic rings. The summed E-state index contributed by atoms with van der Waals surface area (Å²) in [4.78, 5) is 28.6. The summed E-state index contributed by atoms with van der Waals surface area (Å²) >= 11 is 1.49. The Labute approximate surface area is 154 Å². The van der Waals surface area contributed by atoms with E-state index in [-0.39, 0.29) is 24.4 Å². The SMILES string of the molecule is CN(CC(=O)N[C@@H]1CCN(C2CCCCCC2)C1)C(=O)c1ccsc1. The average Bonchev–Trinajstić information content (AvgIpc) is 3.21. The van der Waals surface area contributed by atoms with Gasteiger partial charge in [-0.3, -0.25) is 14.5 Å². The topological polar surface area (TPSA) is 52.7 Å². The Kier molecular flexibility index (Phi) is 6.48. The number of nitrogens with zero attached hydrogens (tertiary/aromatic N) is 2. The molecule has 1 N–H and O–H groups in total. The molecule has 1 aromatic heterocycles. The molecule has 2 fully saturated rings. The summed E-state index contributed by atoms with van der Waals surface area (Å²) in [6.45, 7) is 2.16. The van der Waals surface area contributed by atoms with Crippen molar-refractivity contribution in [3.8, 4) is 0 Å². The summed E-state index contributed by atoms with van der Waals surface area (Å²) in [6, 6.07) is 2.72. The van der Waals surface area contributed by atoms with E-state index in [1.165, 1.54) is 54.8 Å². The highest BCUT2D eigenvalue weighted by Crippen LogP contribution is 2.25. The highest BCUT2D eigenvalue weighted by atomic mass is 32.1. The maximum Gasteiger partial charge on any atom is 0.254 e. The number of carbonyl (C=O) groups is 2. The summed E-state index contributed by atoms with van der Waals surface area (Å²) in [6.07, 6.45) is 9.05. The first kappa shape index (κ1) is 18.4. The van der Waals surface area contributed by atoms with Gasteiger partial charge in [0.2, 0.25) is 5.91 Å². The molecule has 1 aliphatic carbocycles. The zero-order valence-electron chi connectivity index (χ0n) is 15.1. The number of amides is 2. The quantitative estimate of drug-likeness (QED) is 0.819. The van der Waals surface area contributed by atoms with Crippen molar-refractivity contribution in [1.82, 2.24) is 15.1 Å². The number of likely N-dealkylation sites (tertiary alicyclic amines) is 1. The normalized spacial score (nSPS) is 22.5. The third-order valence-corrected chi connectivity index (χ3v) is 6.10. The molecule has 25 heavy (non-hydrogen) atoms. The molecule has 1 atom stereocenters. The smallest absolute Gasteiger partial charge is 0.254 e. The van der Waals surface area contributed by atoms with Crippen molar-refractivity contribution in [2.75, 3.05) is 26.7 Å².